The van der Waals surface area contributed by atoms with Crippen molar-refractivity contribution in [2.24, 2.45) is 0 Å². The van der Waals surface area contributed by atoms with Crippen molar-refractivity contribution in [3.05, 3.63) is 83.7 Å². The van der Waals surface area contributed by atoms with Crippen LogP contribution < -0.4 is 5.32 Å². The van der Waals surface area contributed by atoms with Gasteiger partial charge in [0.05, 0.1) is 5.56 Å². The molecule has 0 fully saturated rings. The van der Waals surface area contributed by atoms with Crippen molar-refractivity contribution in [2.45, 2.75) is 6.18 Å². The van der Waals surface area contributed by atoms with E-state index >= 15 is 0 Å². The highest BCUT2D eigenvalue weighted by Gasteiger charge is 2.37. The summed E-state index contributed by atoms with van der Waals surface area (Å²) in [5.74, 6) is -3.14. The normalized spacial score (nSPS) is 11.3. The first-order valence-corrected chi connectivity index (χ1v) is 7.65. The van der Waals surface area contributed by atoms with Gasteiger partial charge in [-0.2, -0.15) is 13.2 Å². The highest BCUT2D eigenvalue weighted by atomic mass is 19.4. The van der Waals surface area contributed by atoms with Gasteiger partial charge < -0.3 is 5.32 Å². The monoisotopic (exact) mass is 378 g/mol. The lowest BCUT2D eigenvalue weighted by Gasteiger charge is -2.14. The summed E-state index contributed by atoms with van der Waals surface area (Å²) in [5, 5.41) is 2.38. The predicted octanol–water partition coefficient (Wildman–Crippen LogP) is 5.30. The number of hydrogen-bond donors (Lipinski definition) is 1. The molecule has 3 aromatic rings. The minimum atomic E-state index is -4.80. The molecule has 3 rings (SSSR count). The molecule has 1 N–H and O–H groups in total. The summed E-state index contributed by atoms with van der Waals surface area (Å²) in [4.78, 5) is 15.6. The van der Waals surface area contributed by atoms with E-state index < -0.39 is 35.0 Å². The van der Waals surface area contributed by atoms with Gasteiger partial charge in [0.25, 0.3) is 5.91 Å². The fourth-order valence-corrected chi connectivity index (χ4v) is 2.51. The third-order valence-corrected chi connectivity index (χ3v) is 3.73. The summed E-state index contributed by atoms with van der Waals surface area (Å²) in [7, 11) is 0. The number of pyridine rings is 1. The van der Waals surface area contributed by atoms with Crippen LogP contribution in [0.5, 0.6) is 0 Å². The highest BCUT2D eigenvalue weighted by molar-refractivity contribution is 6.07. The minimum Gasteiger partial charge on any atom is -0.321 e. The summed E-state index contributed by atoms with van der Waals surface area (Å²) in [6.07, 6.45) is -3.86. The van der Waals surface area contributed by atoms with Crippen LogP contribution in [0, 0.1) is 11.6 Å². The topological polar surface area (TPSA) is 42.0 Å². The fraction of sp³-hybridized carbons (Fsp3) is 0.0526. The Bertz CT molecular complexity index is 1000. The molecule has 0 aliphatic carbocycles. The third-order valence-electron chi connectivity index (χ3n) is 3.73. The van der Waals surface area contributed by atoms with Crippen LogP contribution in [0.3, 0.4) is 0 Å². The number of nitrogens with one attached hydrogen (secondary N) is 1. The smallest absolute Gasteiger partial charge is 0.321 e. The molecule has 0 saturated carbocycles. The zero-order chi connectivity index (χ0) is 19.6. The summed E-state index contributed by atoms with van der Waals surface area (Å²) < 4.78 is 65.8. The number of benzene rings is 2. The lowest BCUT2D eigenvalue weighted by atomic mass is 10.0. The maximum absolute atomic E-state index is 13.5. The number of hydrogen-bond acceptors (Lipinski definition) is 2. The first-order valence-electron chi connectivity index (χ1n) is 7.65. The lowest BCUT2D eigenvalue weighted by Crippen LogP contribution is -2.20. The molecule has 0 bridgehead atoms. The number of rotatable bonds is 3. The second-order valence-corrected chi connectivity index (χ2v) is 5.53. The molecule has 0 aliphatic rings. The molecule has 1 heterocycles. The molecule has 0 atom stereocenters. The molecule has 0 unspecified atom stereocenters. The van der Waals surface area contributed by atoms with E-state index in [0.717, 1.165) is 24.4 Å². The second kappa shape index (κ2) is 7.14. The van der Waals surface area contributed by atoms with Gasteiger partial charge in [0.1, 0.15) is 0 Å². The maximum atomic E-state index is 13.5. The number of nitrogens with zero attached hydrogens (tertiary/aromatic N) is 1. The maximum Gasteiger partial charge on any atom is 0.434 e. The minimum absolute atomic E-state index is 0.144. The van der Waals surface area contributed by atoms with E-state index in [-0.39, 0.29) is 11.3 Å². The average Bonchev–Trinajstić information content (AvgIpc) is 2.64. The van der Waals surface area contributed by atoms with Gasteiger partial charge in [-0.3, -0.25) is 9.78 Å². The Morgan fingerprint density at radius 3 is 2.37 bits per heavy atom. The summed E-state index contributed by atoms with van der Waals surface area (Å²) in [5.41, 5.74) is -1.24. The van der Waals surface area contributed by atoms with Crippen LogP contribution in [-0.4, -0.2) is 10.9 Å². The Morgan fingerprint density at radius 2 is 1.67 bits per heavy atom. The Labute approximate surface area is 150 Å². The molecule has 138 valence electrons. The van der Waals surface area contributed by atoms with Gasteiger partial charge in [0.15, 0.2) is 17.3 Å². The van der Waals surface area contributed by atoms with Crippen molar-refractivity contribution < 1.29 is 26.7 Å². The van der Waals surface area contributed by atoms with E-state index in [2.05, 4.69) is 10.3 Å². The molecule has 0 aliphatic heterocycles. The molecule has 2 aromatic carbocycles. The number of halogens is 5. The number of aromatic nitrogens is 1. The molecular formula is C19H11F5N2O. The van der Waals surface area contributed by atoms with E-state index in [1.165, 1.54) is 24.3 Å². The quantitative estimate of drug-likeness (QED) is 0.629. The second-order valence-electron chi connectivity index (χ2n) is 5.53. The van der Waals surface area contributed by atoms with Crippen molar-refractivity contribution in [1.82, 2.24) is 4.98 Å². The number of anilines is 1. The molecule has 3 nitrogen and oxygen atoms in total. The Morgan fingerprint density at radius 1 is 0.926 bits per heavy atom. The lowest BCUT2D eigenvalue weighted by molar-refractivity contribution is -0.141. The SMILES string of the molecule is O=C(Nc1ccccc1-c1ccc(F)c(F)c1)c1cccnc1C(F)(F)F. The largest absolute Gasteiger partial charge is 0.434 e. The zero-order valence-electron chi connectivity index (χ0n) is 13.5. The zero-order valence-corrected chi connectivity index (χ0v) is 13.5. The predicted molar refractivity (Wildman–Crippen MR) is 89.0 cm³/mol. The highest BCUT2D eigenvalue weighted by Crippen LogP contribution is 2.32. The Balaban J connectivity index is 1.98. The van der Waals surface area contributed by atoms with Crippen LogP contribution in [0.25, 0.3) is 11.1 Å². The van der Waals surface area contributed by atoms with Gasteiger partial charge in [-0.15, -0.1) is 0 Å². The summed E-state index contributed by atoms with van der Waals surface area (Å²) in [6, 6.07) is 11.5. The van der Waals surface area contributed by atoms with E-state index in [1.807, 2.05) is 0 Å². The summed E-state index contributed by atoms with van der Waals surface area (Å²) in [6.45, 7) is 0. The van der Waals surface area contributed by atoms with Gasteiger partial charge in [-0.05, 0) is 35.9 Å². The molecule has 0 spiro atoms. The molecule has 0 saturated heterocycles. The number of carbonyl (C=O) groups is 1. The molecular weight excluding hydrogens is 367 g/mol. The first-order chi connectivity index (χ1) is 12.8. The van der Waals surface area contributed by atoms with E-state index in [1.54, 1.807) is 12.1 Å². The number of alkyl halides is 3. The van der Waals surface area contributed by atoms with Crippen LogP contribution in [-0.2, 0) is 6.18 Å². The molecule has 1 aromatic heterocycles. The van der Waals surface area contributed by atoms with Crippen LogP contribution >= 0.6 is 0 Å². The third kappa shape index (κ3) is 3.94. The van der Waals surface area contributed by atoms with Crippen LogP contribution in [0.15, 0.2) is 60.8 Å². The fourth-order valence-electron chi connectivity index (χ4n) is 2.51. The van der Waals surface area contributed by atoms with Crippen molar-refractivity contribution in [3.63, 3.8) is 0 Å². The standard InChI is InChI=1S/C19H11F5N2O/c20-14-8-7-11(10-15(14)21)12-4-1-2-6-16(12)26-18(27)13-5-3-9-25-17(13)19(22,23)24/h1-10H,(H,26,27). The molecule has 27 heavy (non-hydrogen) atoms. The molecule has 8 heteroatoms. The van der Waals surface area contributed by atoms with E-state index in [9.17, 15) is 26.7 Å². The Kier molecular flexibility index (Phi) is 4.89. The van der Waals surface area contributed by atoms with Crippen LogP contribution in [0.4, 0.5) is 27.6 Å². The van der Waals surface area contributed by atoms with Crippen molar-refractivity contribution >= 4 is 11.6 Å². The summed E-state index contributed by atoms with van der Waals surface area (Å²) >= 11 is 0. The van der Waals surface area contributed by atoms with Gasteiger partial charge in [0, 0.05) is 17.4 Å². The average molecular weight is 378 g/mol. The number of amides is 1. The van der Waals surface area contributed by atoms with Crippen molar-refractivity contribution in [3.8, 4) is 11.1 Å². The van der Waals surface area contributed by atoms with E-state index in [4.69, 9.17) is 0 Å². The van der Waals surface area contributed by atoms with Gasteiger partial charge in [0.2, 0.25) is 0 Å². The van der Waals surface area contributed by atoms with Gasteiger partial charge in [-0.1, -0.05) is 24.3 Å². The van der Waals surface area contributed by atoms with E-state index in [0.29, 0.717) is 5.56 Å². The van der Waals surface area contributed by atoms with Crippen molar-refractivity contribution in [2.75, 3.05) is 5.32 Å². The molecule has 1 amide bonds. The number of para-hydroxylation sites is 1. The van der Waals surface area contributed by atoms with Crippen molar-refractivity contribution in [1.29, 1.82) is 0 Å². The number of carbonyl (C=O) groups excluding carboxylic acids is 1. The Hall–Kier alpha value is -3.29. The van der Waals surface area contributed by atoms with Gasteiger partial charge in [-0.25, -0.2) is 8.78 Å². The van der Waals surface area contributed by atoms with Gasteiger partial charge >= 0.3 is 6.18 Å². The molecule has 0 radical (unpaired) electrons. The first kappa shape index (κ1) is 18.5. The van der Waals surface area contributed by atoms with Crippen LogP contribution in [0.1, 0.15) is 16.1 Å². The van der Waals surface area contributed by atoms with Crippen LogP contribution in [0.2, 0.25) is 0 Å².